The third kappa shape index (κ3) is 2.89. The van der Waals surface area contributed by atoms with Crippen LogP contribution in [0.4, 0.5) is 11.4 Å². The SMILES string of the molecule is Cc1cc(C(=O)NCc2ccn3ccnc3c2)c(N)c([N+](=O)[O-])c1. The van der Waals surface area contributed by atoms with Crippen LogP contribution in [0.25, 0.3) is 5.65 Å². The van der Waals surface area contributed by atoms with Gasteiger partial charge in [-0.05, 0) is 36.2 Å². The molecule has 0 aliphatic carbocycles. The van der Waals surface area contributed by atoms with E-state index in [-0.39, 0.29) is 23.5 Å². The number of hydrogen-bond acceptors (Lipinski definition) is 5. The van der Waals surface area contributed by atoms with Gasteiger partial charge in [-0.3, -0.25) is 14.9 Å². The Morgan fingerprint density at radius 3 is 2.92 bits per heavy atom. The summed E-state index contributed by atoms with van der Waals surface area (Å²) in [5, 5.41) is 13.7. The summed E-state index contributed by atoms with van der Waals surface area (Å²) < 4.78 is 1.85. The van der Waals surface area contributed by atoms with Crippen molar-refractivity contribution in [3.05, 3.63) is 69.7 Å². The van der Waals surface area contributed by atoms with Crippen molar-refractivity contribution in [3.63, 3.8) is 0 Å². The number of hydrogen-bond donors (Lipinski definition) is 2. The summed E-state index contributed by atoms with van der Waals surface area (Å²) >= 11 is 0. The zero-order valence-corrected chi connectivity index (χ0v) is 12.9. The number of nitrogens with zero attached hydrogens (tertiary/aromatic N) is 3. The molecule has 2 heterocycles. The normalized spacial score (nSPS) is 10.7. The molecule has 3 rings (SSSR count). The number of amides is 1. The van der Waals surface area contributed by atoms with E-state index in [1.165, 1.54) is 12.1 Å². The summed E-state index contributed by atoms with van der Waals surface area (Å²) in [7, 11) is 0. The largest absolute Gasteiger partial charge is 0.393 e. The van der Waals surface area contributed by atoms with Gasteiger partial charge in [0, 0.05) is 31.2 Å². The van der Waals surface area contributed by atoms with Gasteiger partial charge in [0.15, 0.2) is 0 Å². The van der Waals surface area contributed by atoms with Crippen LogP contribution in [-0.2, 0) is 6.54 Å². The number of nitrogens with two attached hydrogens (primary N) is 1. The van der Waals surface area contributed by atoms with Crippen LogP contribution in [0.3, 0.4) is 0 Å². The maximum absolute atomic E-state index is 12.3. The first-order valence-electron chi connectivity index (χ1n) is 7.20. The van der Waals surface area contributed by atoms with Gasteiger partial charge >= 0.3 is 0 Å². The molecule has 0 spiro atoms. The first kappa shape index (κ1) is 15.5. The number of nitro groups is 1. The second kappa shape index (κ2) is 5.99. The second-order valence-electron chi connectivity index (χ2n) is 5.41. The molecule has 122 valence electrons. The van der Waals surface area contributed by atoms with Gasteiger partial charge in [-0.25, -0.2) is 4.98 Å². The third-order valence-corrected chi connectivity index (χ3v) is 3.66. The van der Waals surface area contributed by atoms with Crippen molar-refractivity contribution in [1.29, 1.82) is 0 Å². The number of carbonyl (C=O) groups excluding carboxylic acids is 1. The Labute approximate surface area is 137 Å². The maximum atomic E-state index is 12.3. The van der Waals surface area contributed by atoms with Crippen LogP contribution in [0.2, 0.25) is 0 Å². The second-order valence-corrected chi connectivity index (χ2v) is 5.41. The molecule has 1 aromatic carbocycles. The zero-order valence-electron chi connectivity index (χ0n) is 12.9. The molecule has 0 fully saturated rings. The molecule has 24 heavy (non-hydrogen) atoms. The van der Waals surface area contributed by atoms with Crippen LogP contribution in [0.5, 0.6) is 0 Å². The van der Waals surface area contributed by atoms with Gasteiger partial charge in [0.05, 0.1) is 10.5 Å². The summed E-state index contributed by atoms with van der Waals surface area (Å²) in [5.74, 6) is -0.456. The molecule has 0 radical (unpaired) electrons. The number of rotatable bonds is 4. The Morgan fingerprint density at radius 2 is 2.17 bits per heavy atom. The van der Waals surface area contributed by atoms with Crippen molar-refractivity contribution in [2.75, 3.05) is 5.73 Å². The summed E-state index contributed by atoms with van der Waals surface area (Å²) in [6.07, 6.45) is 5.35. The summed E-state index contributed by atoms with van der Waals surface area (Å²) in [4.78, 5) is 26.9. The maximum Gasteiger partial charge on any atom is 0.293 e. The minimum absolute atomic E-state index is 0.101. The number of carbonyl (C=O) groups is 1. The molecule has 0 atom stereocenters. The number of pyridine rings is 1. The van der Waals surface area contributed by atoms with E-state index >= 15 is 0 Å². The number of aryl methyl sites for hydroxylation is 1. The lowest BCUT2D eigenvalue weighted by Crippen LogP contribution is -2.24. The van der Waals surface area contributed by atoms with Crippen molar-refractivity contribution >= 4 is 22.9 Å². The number of aromatic nitrogens is 2. The Kier molecular flexibility index (Phi) is 3.87. The van der Waals surface area contributed by atoms with E-state index in [2.05, 4.69) is 10.3 Å². The average Bonchev–Trinajstić information content (AvgIpc) is 3.01. The van der Waals surface area contributed by atoms with Crippen LogP contribution in [-0.4, -0.2) is 20.2 Å². The molecule has 3 aromatic rings. The van der Waals surface area contributed by atoms with Crippen molar-refractivity contribution in [3.8, 4) is 0 Å². The molecular weight excluding hydrogens is 310 g/mol. The van der Waals surface area contributed by atoms with Gasteiger partial charge in [0.1, 0.15) is 11.3 Å². The standard InChI is InChI=1S/C16H15N5O3/c1-10-6-12(15(17)13(7-10)21(23)24)16(22)19-9-11-2-4-20-5-3-18-14(20)8-11/h2-8H,9,17H2,1H3,(H,19,22). The minimum Gasteiger partial charge on any atom is -0.393 e. The number of nitrogens with one attached hydrogen (secondary N) is 1. The van der Waals surface area contributed by atoms with E-state index in [1.807, 2.05) is 28.9 Å². The fourth-order valence-electron chi connectivity index (χ4n) is 2.46. The summed E-state index contributed by atoms with van der Waals surface area (Å²) in [6, 6.07) is 6.59. The summed E-state index contributed by atoms with van der Waals surface area (Å²) in [6.45, 7) is 1.94. The molecule has 8 heteroatoms. The Hall–Kier alpha value is -3.42. The van der Waals surface area contributed by atoms with Crippen LogP contribution in [0.1, 0.15) is 21.5 Å². The third-order valence-electron chi connectivity index (χ3n) is 3.66. The lowest BCUT2D eigenvalue weighted by Gasteiger charge is -2.09. The molecule has 3 N–H and O–H groups in total. The highest BCUT2D eigenvalue weighted by Gasteiger charge is 2.20. The van der Waals surface area contributed by atoms with Gasteiger partial charge in [-0.2, -0.15) is 0 Å². The van der Waals surface area contributed by atoms with Gasteiger partial charge in [-0.1, -0.05) is 0 Å². The Balaban J connectivity index is 1.81. The van der Waals surface area contributed by atoms with Crippen LogP contribution >= 0.6 is 0 Å². The fraction of sp³-hybridized carbons (Fsp3) is 0.125. The number of nitro benzene ring substituents is 1. The number of imidazole rings is 1. The van der Waals surface area contributed by atoms with E-state index in [9.17, 15) is 14.9 Å². The molecule has 0 aliphatic rings. The van der Waals surface area contributed by atoms with Crippen molar-refractivity contribution < 1.29 is 9.72 Å². The van der Waals surface area contributed by atoms with Crippen LogP contribution in [0.15, 0.2) is 42.9 Å². The number of benzene rings is 1. The predicted octanol–water partition coefficient (Wildman–Crippen LogP) is 2.06. The van der Waals surface area contributed by atoms with E-state index in [4.69, 9.17) is 5.73 Å². The van der Waals surface area contributed by atoms with E-state index in [0.29, 0.717) is 5.56 Å². The number of anilines is 1. The van der Waals surface area contributed by atoms with Crippen molar-refractivity contribution in [2.24, 2.45) is 0 Å². The molecule has 8 nitrogen and oxygen atoms in total. The van der Waals surface area contributed by atoms with Gasteiger partial charge < -0.3 is 15.5 Å². The Bertz CT molecular complexity index is 948. The van der Waals surface area contributed by atoms with E-state index in [1.54, 1.807) is 13.1 Å². The van der Waals surface area contributed by atoms with Gasteiger partial charge in [-0.15, -0.1) is 0 Å². The molecular formula is C16H15N5O3. The smallest absolute Gasteiger partial charge is 0.293 e. The zero-order chi connectivity index (χ0) is 17.3. The number of fused-ring (bicyclic) bond motifs is 1. The topological polar surface area (TPSA) is 116 Å². The molecule has 0 saturated carbocycles. The van der Waals surface area contributed by atoms with Gasteiger partial charge in [0.2, 0.25) is 0 Å². The van der Waals surface area contributed by atoms with Crippen LogP contribution in [0, 0.1) is 17.0 Å². The molecule has 0 aliphatic heterocycles. The summed E-state index contributed by atoms with van der Waals surface area (Å²) in [5.41, 5.74) is 7.70. The lowest BCUT2D eigenvalue weighted by molar-refractivity contribution is -0.384. The minimum atomic E-state index is -0.592. The molecule has 2 aromatic heterocycles. The highest BCUT2D eigenvalue weighted by atomic mass is 16.6. The highest BCUT2D eigenvalue weighted by Crippen LogP contribution is 2.27. The molecule has 1 amide bonds. The van der Waals surface area contributed by atoms with Crippen molar-refractivity contribution in [2.45, 2.75) is 13.5 Å². The first-order valence-corrected chi connectivity index (χ1v) is 7.20. The predicted molar refractivity (Wildman–Crippen MR) is 88.6 cm³/mol. The lowest BCUT2D eigenvalue weighted by atomic mass is 10.1. The van der Waals surface area contributed by atoms with E-state index in [0.717, 1.165) is 11.2 Å². The Morgan fingerprint density at radius 1 is 1.38 bits per heavy atom. The van der Waals surface area contributed by atoms with Gasteiger partial charge in [0.25, 0.3) is 11.6 Å². The highest BCUT2D eigenvalue weighted by molar-refractivity contribution is 6.01. The number of nitrogen functional groups attached to an aromatic ring is 1. The molecule has 0 bridgehead atoms. The fourth-order valence-corrected chi connectivity index (χ4v) is 2.46. The van der Waals surface area contributed by atoms with E-state index < -0.39 is 10.8 Å². The molecule has 0 saturated heterocycles. The van der Waals surface area contributed by atoms with Crippen molar-refractivity contribution in [1.82, 2.24) is 14.7 Å². The van der Waals surface area contributed by atoms with Crippen LogP contribution < -0.4 is 11.1 Å². The molecule has 0 unspecified atom stereocenters. The first-order chi connectivity index (χ1) is 11.5. The monoisotopic (exact) mass is 325 g/mol. The quantitative estimate of drug-likeness (QED) is 0.433. The average molecular weight is 325 g/mol.